The smallest absolute Gasteiger partial charge is 0.276 e. The maximum Gasteiger partial charge on any atom is 0.276 e. The largest absolute Gasteiger partial charge is 0.484 e. The Morgan fingerprint density at radius 2 is 1.52 bits per heavy atom. The number of ether oxygens (including phenoxy) is 1. The van der Waals surface area contributed by atoms with Gasteiger partial charge in [0.2, 0.25) is 11.8 Å². The van der Waals surface area contributed by atoms with E-state index in [1.54, 1.807) is 48.5 Å². The summed E-state index contributed by atoms with van der Waals surface area (Å²) in [5.41, 5.74) is 4.92. The maximum atomic E-state index is 11.8. The van der Waals surface area contributed by atoms with Gasteiger partial charge in [0.25, 0.3) is 5.91 Å². The van der Waals surface area contributed by atoms with Crippen molar-refractivity contribution in [3.05, 3.63) is 58.0 Å². The van der Waals surface area contributed by atoms with Crippen LogP contribution in [0.3, 0.4) is 0 Å². The topological polar surface area (TPSA) is 96.5 Å². The van der Waals surface area contributed by atoms with Gasteiger partial charge in [-0.15, -0.1) is 0 Å². The Morgan fingerprint density at radius 1 is 0.889 bits per heavy atom. The fourth-order valence-electron chi connectivity index (χ4n) is 1.92. The van der Waals surface area contributed by atoms with Crippen LogP contribution in [0.5, 0.6) is 5.75 Å². The van der Waals surface area contributed by atoms with Crippen LogP contribution in [0.15, 0.2) is 53.0 Å². The van der Waals surface area contributed by atoms with Gasteiger partial charge in [0, 0.05) is 17.3 Å². The summed E-state index contributed by atoms with van der Waals surface area (Å²) in [6, 6.07) is 13.8. The number of hydrazine groups is 1. The molecule has 27 heavy (non-hydrogen) atoms. The summed E-state index contributed by atoms with van der Waals surface area (Å²) in [6.07, 6.45) is -0.146. The fourth-order valence-corrected chi connectivity index (χ4v) is 2.37. The standard InChI is InChI=1S/C18H17BrClN3O4/c19-12-5-7-13(8-6-12)27-11-18(26)23-22-17(25)10-9-16(24)21-15-4-2-1-3-14(15)20/h1-8H,9-11H2,(H,21,24)(H,22,25)(H,23,26). The second-order valence-corrected chi connectivity index (χ2v) is 6.69. The second-order valence-electron chi connectivity index (χ2n) is 5.37. The van der Waals surface area contributed by atoms with Crippen molar-refractivity contribution in [1.29, 1.82) is 0 Å². The average molecular weight is 455 g/mol. The monoisotopic (exact) mass is 453 g/mol. The quantitative estimate of drug-likeness (QED) is 0.560. The van der Waals surface area contributed by atoms with E-state index in [-0.39, 0.29) is 25.4 Å². The number of hydrogen-bond donors (Lipinski definition) is 3. The van der Waals surface area contributed by atoms with Crippen LogP contribution in [0.2, 0.25) is 5.02 Å². The third kappa shape index (κ3) is 7.67. The molecule has 2 aromatic carbocycles. The van der Waals surface area contributed by atoms with Gasteiger partial charge in [-0.2, -0.15) is 0 Å². The molecule has 2 rings (SSSR count). The lowest BCUT2D eigenvalue weighted by Crippen LogP contribution is -2.44. The minimum absolute atomic E-state index is 0.0533. The Labute approximate surface area is 169 Å². The van der Waals surface area contributed by atoms with Crippen LogP contribution in [0.25, 0.3) is 0 Å². The molecule has 9 heteroatoms. The number of carbonyl (C=O) groups is 3. The summed E-state index contributed by atoms with van der Waals surface area (Å²) in [5, 5.41) is 3.02. The van der Waals surface area contributed by atoms with Crippen LogP contribution in [0, 0.1) is 0 Å². The molecule has 7 nitrogen and oxygen atoms in total. The van der Waals surface area contributed by atoms with E-state index in [0.717, 1.165) is 4.47 Å². The highest BCUT2D eigenvalue weighted by molar-refractivity contribution is 9.10. The molecule has 0 radical (unpaired) electrons. The summed E-state index contributed by atoms with van der Waals surface area (Å²) in [7, 11) is 0. The summed E-state index contributed by atoms with van der Waals surface area (Å²) >= 11 is 9.24. The molecule has 0 heterocycles. The Hall–Kier alpha value is -2.58. The van der Waals surface area contributed by atoms with Gasteiger partial charge in [0.15, 0.2) is 6.61 Å². The van der Waals surface area contributed by atoms with E-state index in [9.17, 15) is 14.4 Å². The molecular weight excluding hydrogens is 438 g/mol. The Kier molecular flexibility index (Phi) is 8.09. The molecule has 0 fully saturated rings. The van der Waals surface area contributed by atoms with Gasteiger partial charge in [0.05, 0.1) is 10.7 Å². The number of halogens is 2. The van der Waals surface area contributed by atoms with E-state index in [1.165, 1.54) is 0 Å². The molecule has 2 aromatic rings. The van der Waals surface area contributed by atoms with E-state index in [1.807, 2.05) is 0 Å². The Morgan fingerprint density at radius 3 is 2.22 bits per heavy atom. The molecular formula is C18H17BrClN3O4. The number of anilines is 1. The van der Waals surface area contributed by atoms with E-state index in [0.29, 0.717) is 16.5 Å². The van der Waals surface area contributed by atoms with Crippen molar-refractivity contribution in [3.8, 4) is 5.75 Å². The molecule has 0 saturated heterocycles. The van der Waals surface area contributed by atoms with Crippen molar-refractivity contribution < 1.29 is 19.1 Å². The summed E-state index contributed by atoms with van der Waals surface area (Å²) < 4.78 is 6.16. The van der Waals surface area contributed by atoms with E-state index < -0.39 is 11.8 Å². The van der Waals surface area contributed by atoms with Crippen molar-refractivity contribution in [2.24, 2.45) is 0 Å². The minimum Gasteiger partial charge on any atom is -0.484 e. The van der Waals surface area contributed by atoms with Crippen LogP contribution < -0.4 is 20.9 Å². The predicted molar refractivity (Wildman–Crippen MR) is 105 cm³/mol. The molecule has 0 bridgehead atoms. The zero-order valence-corrected chi connectivity index (χ0v) is 16.5. The molecule has 0 atom stereocenters. The van der Waals surface area contributed by atoms with Crippen molar-refractivity contribution in [2.45, 2.75) is 12.8 Å². The van der Waals surface area contributed by atoms with E-state index >= 15 is 0 Å². The highest BCUT2D eigenvalue weighted by Gasteiger charge is 2.10. The number of para-hydroxylation sites is 1. The van der Waals surface area contributed by atoms with Crippen LogP contribution in [0.1, 0.15) is 12.8 Å². The van der Waals surface area contributed by atoms with Crippen LogP contribution in [-0.2, 0) is 14.4 Å². The molecule has 0 saturated carbocycles. The second kappa shape index (κ2) is 10.5. The summed E-state index contributed by atoms with van der Waals surface area (Å²) in [5.74, 6) is -0.854. The number of benzene rings is 2. The van der Waals surface area contributed by atoms with Crippen LogP contribution in [-0.4, -0.2) is 24.3 Å². The third-order valence-corrected chi connectivity index (χ3v) is 4.11. The first-order chi connectivity index (χ1) is 12.9. The molecule has 3 N–H and O–H groups in total. The molecule has 3 amide bonds. The number of nitrogens with one attached hydrogen (secondary N) is 3. The zero-order valence-electron chi connectivity index (χ0n) is 14.1. The number of carbonyl (C=O) groups excluding carboxylic acids is 3. The highest BCUT2D eigenvalue weighted by Crippen LogP contribution is 2.20. The minimum atomic E-state index is -0.521. The van der Waals surface area contributed by atoms with Crippen molar-refractivity contribution >= 4 is 50.9 Å². The third-order valence-electron chi connectivity index (χ3n) is 3.25. The van der Waals surface area contributed by atoms with Crippen LogP contribution in [0.4, 0.5) is 5.69 Å². The van der Waals surface area contributed by atoms with Gasteiger partial charge in [-0.3, -0.25) is 25.2 Å². The van der Waals surface area contributed by atoms with Gasteiger partial charge >= 0.3 is 0 Å². The lowest BCUT2D eigenvalue weighted by molar-refractivity contribution is -0.130. The van der Waals surface area contributed by atoms with Crippen molar-refractivity contribution in [2.75, 3.05) is 11.9 Å². The normalized spacial score (nSPS) is 10.0. The van der Waals surface area contributed by atoms with E-state index in [2.05, 4.69) is 32.1 Å². The molecule has 0 aliphatic rings. The zero-order chi connectivity index (χ0) is 19.6. The SMILES string of the molecule is O=C(CCC(=O)Nc1ccccc1Cl)NNC(=O)COc1ccc(Br)cc1. The first kappa shape index (κ1) is 20.7. The Bertz CT molecular complexity index is 815. The summed E-state index contributed by atoms with van der Waals surface area (Å²) in [4.78, 5) is 35.2. The number of hydrogen-bond acceptors (Lipinski definition) is 4. The molecule has 0 aromatic heterocycles. The highest BCUT2D eigenvalue weighted by atomic mass is 79.9. The fraction of sp³-hybridized carbons (Fsp3) is 0.167. The molecule has 142 valence electrons. The van der Waals surface area contributed by atoms with Crippen molar-refractivity contribution in [3.63, 3.8) is 0 Å². The van der Waals surface area contributed by atoms with Crippen LogP contribution >= 0.6 is 27.5 Å². The lowest BCUT2D eigenvalue weighted by atomic mass is 10.2. The van der Waals surface area contributed by atoms with Gasteiger partial charge in [-0.05, 0) is 36.4 Å². The number of rotatable bonds is 7. The van der Waals surface area contributed by atoms with Gasteiger partial charge < -0.3 is 10.1 Å². The molecule has 0 aliphatic carbocycles. The van der Waals surface area contributed by atoms with Gasteiger partial charge in [0.1, 0.15) is 5.75 Å². The maximum absolute atomic E-state index is 11.8. The molecule has 0 unspecified atom stereocenters. The molecule has 0 aliphatic heterocycles. The van der Waals surface area contributed by atoms with Gasteiger partial charge in [-0.1, -0.05) is 39.7 Å². The predicted octanol–water partition coefficient (Wildman–Crippen LogP) is 3.05. The van der Waals surface area contributed by atoms with E-state index in [4.69, 9.17) is 16.3 Å². The lowest BCUT2D eigenvalue weighted by Gasteiger charge is -2.09. The molecule has 0 spiro atoms. The first-order valence-electron chi connectivity index (χ1n) is 7.94. The van der Waals surface area contributed by atoms with Gasteiger partial charge in [-0.25, -0.2) is 0 Å². The number of amides is 3. The first-order valence-corrected chi connectivity index (χ1v) is 9.11. The average Bonchev–Trinajstić information content (AvgIpc) is 2.66. The van der Waals surface area contributed by atoms with Crippen molar-refractivity contribution in [1.82, 2.24) is 10.9 Å². The Balaban J connectivity index is 1.63. The summed E-state index contributed by atoms with van der Waals surface area (Å²) in [6.45, 7) is -0.255.